The van der Waals surface area contributed by atoms with Gasteiger partial charge in [-0.2, -0.15) is 13.2 Å². The number of halogens is 4. The van der Waals surface area contributed by atoms with E-state index < -0.39 is 11.7 Å². The average molecular weight is 572 g/mol. The van der Waals surface area contributed by atoms with Crippen LogP contribution in [0, 0.1) is 0 Å². The van der Waals surface area contributed by atoms with Crippen molar-refractivity contribution in [2.24, 2.45) is 4.99 Å². The molecule has 0 saturated carbocycles. The van der Waals surface area contributed by atoms with Crippen LogP contribution in [0.5, 0.6) is 0 Å². The van der Waals surface area contributed by atoms with Crippen molar-refractivity contribution in [2.45, 2.75) is 31.6 Å². The third kappa shape index (κ3) is 6.83. The predicted octanol–water partition coefficient (Wildman–Crippen LogP) is 3.95. The first kappa shape index (κ1) is 25.3. The monoisotopic (exact) mass is 572 g/mol. The molecule has 4 rings (SSSR count). The van der Waals surface area contributed by atoms with Crippen molar-refractivity contribution in [3.8, 4) is 0 Å². The van der Waals surface area contributed by atoms with Crippen LogP contribution in [0.15, 0.2) is 59.9 Å². The number of aromatic nitrogens is 2. The number of likely N-dealkylation sites (tertiary alicyclic amines) is 1. The number of hydrogen-bond acceptors (Lipinski definition) is 3. The van der Waals surface area contributed by atoms with E-state index in [0.29, 0.717) is 13.1 Å². The fourth-order valence-corrected chi connectivity index (χ4v) is 3.96. The summed E-state index contributed by atoms with van der Waals surface area (Å²) in [6.45, 7) is 3.05. The van der Waals surface area contributed by atoms with Gasteiger partial charge in [-0.3, -0.25) is 9.89 Å². The van der Waals surface area contributed by atoms with E-state index in [0.717, 1.165) is 60.9 Å². The smallest absolute Gasteiger partial charge is 0.356 e. The molecule has 0 radical (unpaired) electrons. The third-order valence-electron chi connectivity index (χ3n) is 5.61. The second-order valence-electron chi connectivity index (χ2n) is 8.01. The molecule has 1 unspecified atom stereocenters. The van der Waals surface area contributed by atoms with Crippen molar-refractivity contribution in [2.75, 3.05) is 26.7 Å². The lowest BCUT2D eigenvalue weighted by Crippen LogP contribution is -2.45. The van der Waals surface area contributed by atoms with E-state index >= 15 is 0 Å². The van der Waals surface area contributed by atoms with Crippen LogP contribution in [0.1, 0.15) is 23.2 Å². The lowest BCUT2D eigenvalue weighted by molar-refractivity contribution is -0.137. The highest BCUT2D eigenvalue weighted by molar-refractivity contribution is 14.0. The normalized spacial score (nSPS) is 17.2. The number of imidazole rings is 1. The SMILES string of the molecule is CN=C(NCCc1cn2ccccc2n1)NC1CCN(Cc2ccc(C(F)(F)F)cc2)C1.I. The Labute approximate surface area is 208 Å². The highest BCUT2D eigenvalue weighted by Crippen LogP contribution is 2.29. The molecule has 1 aromatic carbocycles. The van der Waals surface area contributed by atoms with Gasteiger partial charge in [0, 0.05) is 58.1 Å². The zero-order valence-corrected chi connectivity index (χ0v) is 20.7. The number of hydrogen-bond donors (Lipinski definition) is 2. The van der Waals surface area contributed by atoms with Crippen LogP contribution < -0.4 is 10.6 Å². The van der Waals surface area contributed by atoms with Gasteiger partial charge in [0.15, 0.2) is 5.96 Å². The van der Waals surface area contributed by atoms with Gasteiger partial charge in [-0.05, 0) is 36.2 Å². The Morgan fingerprint density at radius 3 is 2.67 bits per heavy atom. The summed E-state index contributed by atoms with van der Waals surface area (Å²) in [6.07, 6.45) is 1.45. The number of pyridine rings is 1. The number of nitrogens with one attached hydrogen (secondary N) is 2. The van der Waals surface area contributed by atoms with E-state index in [2.05, 4.69) is 25.5 Å². The van der Waals surface area contributed by atoms with Crippen molar-refractivity contribution in [3.05, 3.63) is 71.7 Å². The summed E-state index contributed by atoms with van der Waals surface area (Å²) in [5.74, 6) is 0.746. The number of guanidine groups is 1. The molecule has 0 aliphatic carbocycles. The van der Waals surface area contributed by atoms with E-state index in [-0.39, 0.29) is 30.0 Å². The maximum Gasteiger partial charge on any atom is 0.416 e. The number of benzene rings is 1. The molecule has 1 fully saturated rings. The molecule has 0 spiro atoms. The standard InChI is InChI=1S/C23H27F3N6.HI/c1-27-22(28-11-9-19-16-32-12-3-2-4-21(32)29-19)30-20-10-13-31(15-20)14-17-5-7-18(8-6-17)23(24,25)26;/h2-8,12,16,20H,9-11,13-15H2,1H3,(H2,27,28,30);1H. The van der Waals surface area contributed by atoms with Crippen LogP contribution in [0.25, 0.3) is 5.65 Å². The molecule has 33 heavy (non-hydrogen) atoms. The molecule has 1 saturated heterocycles. The Morgan fingerprint density at radius 1 is 1.18 bits per heavy atom. The van der Waals surface area contributed by atoms with Crippen LogP contribution in [0.3, 0.4) is 0 Å². The molecule has 6 nitrogen and oxygen atoms in total. The number of rotatable bonds is 6. The van der Waals surface area contributed by atoms with Gasteiger partial charge in [0.2, 0.25) is 0 Å². The molecule has 10 heteroatoms. The number of nitrogens with zero attached hydrogens (tertiary/aromatic N) is 4. The Hall–Kier alpha value is -2.34. The third-order valence-corrected chi connectivity index (χ3v) is 5.61. The summed E-state index contributed by atoms with van der Waals surface area (Å²) in [5.41, 5.74) is 2.22. The topological polar surface area (TPSA) is 57.0 Å². The highest BCUT2D eigenvalue weighted by Gasteiger charge is 2.30. The zero-order valence-electron chi connectivity index (χ0n) is 18.3. The van der Waals surface area contributed by atoms with E-state index in [1.165, 1.54) is 0 Å². The second-order valence-corrected chi connectivity index (χ2v) is 8.01. The first-order valence-electron chi connectivity index (χ1n) is 10.7. The van der Waals surface area contributed by atoms with Gasteiger partial charge in [-0.1, -0.05) is 18.2 Å². The van der Waals surface area contributed by atoms with E-state index in [1.54, 1.807) is 19.2 Å². The first-order chi connectivity index (χ1) is 15.4. The lowest BCUT2D eigenvalue weighted by Gasteiger charge is -2.19. The quantitative estimate of drug-likeness (QED) is 0.267. The summed E-state index contributed by atoms with van der Waals surface area (Å²) in [5, 5.41) is 6.78. The fourth-order valence-electron chi connectivity index (χ4n) is 3.96. The fraction of sp³-hybridized carbons (Fsp3) is 0.391. The largest absolute Gasteiger partial charge is 0.416 e. The maximum atomic E-state index is 12.7. The van der Waals surface area contributed by atoms with Crippen molar-refractivity contribution in [1.29, 1.82) is 0 Å². The van der Waals surface area contributed by atoms with Crippen molar-refractivity contribution >= 4 is 35.6 Å². The van der Waals surface area contributed by atoms with E-state index in [4.69, 9.17) is 0 Å². The Bertz CT molecular complexity index is 1030. The van der Waals surface area contributed by atoms with E-state index in [1.807, 2.05) is 35.0 Å². The molecule has 2 N–H and O–H groups in total. The number of fused-ring (bicyclic) bond motifs is 1. The van der Waals surface area contributed by atoms with Crippen molar-refractivity contribution < 1.29 is 13.2 Å². The first-order valence-corrected chi connectivity index (χ1v) is 10.7. The van der Waals surface area contributed by atoms with Crippen LogP contribution in [-0.2, 0) is 19.1 Å². The van der Waals surface area contributed by atoms with E-state index in [9.17, 15) is 13.2 Å². The zero-order chi connectivity index (χ0) is 22.6. The van der Waals surface area contributed by atoms with Gasteiger partial charge >= 0.3 is 6.18 Å². The van der Waals surface area contributed by atoms with Gasteiger partial charge in [0.05, 0.1) is 11.3 Å². The molecule has 1 aliphatic heterocycles. The van der Waals surface area contributed by atoms with Gasteiger partial charge in [0.1, 0.15) is 5.65 Å². The summed E-state index contributed by atoms with van der Waals surface area (Å²) >= 11 is 0. The molecular formula is C23H28F3IN6. The summed E-state index contributed by atoms with van der Waals surface area (Å²) < 4.78 is 40.2. The van der Waals surface area contributed by atoms with Crippen LogP contribution in [0.2, 0.25) is 0 Å². The van der Waals surface area contributed by atoms with Gasteiger partial charge in [0.25, 0.3) is 0 Å². The molecule has 0 bridgehead atoms. The van der Waals surface area contributed by atoms with Crippen LogP contribution >= 0.6 is 24.0 Å². The second kappa shape index (κ2) is 11.2. The lowest BCUT2D eigenvalue weighted by atomic mass is 10.1. The van der Waals surface area contributed by atoms with Gasteiger partial charge in [-0.15, -0.1) is 24.0 Å². The Kier molecular flexibility index (Phi) is 8.57. The molecule has 1 atom stereocenters. The van der Waals surface area contributed by atoms with Crippen molar-refractivity contribution in [3.63, 3.8) is 0 Å². The molecule has 3 aromatic rings. The Balaban J connectivity index is 0.00000306. The minimum atomic E-state index is -4.30. The minimum Gasteiger partial charge on any atom is -0.356 e. The highest BCUT2D eigenvalue weighted by atomic mass is 127. The minimum absolute atomic E-state index is 0. The number of aliphatic imine (C=N–C) groups is 1. The molecule has 2 aromatic heterocycles. The summed E-state index contributed by atoms with van der Waals surface area (Å²) in [7, 11) is 1.75. The van der Waals surface area contributed by atoms with Crippen LogP contribution in [-0.4, -0.2) is 53.0 Å². The summed E-state index contributed by atoms with van der Waals surface area (Å²) in [4.78, 5) is 11.2. The molecule has 0 amide bonds. The van der Waals surface area contributed by atoms with Gasteiger partial charge in [-0.25, -0.2) is 4.98 Å². The van der Waals surface area contributed by atoms with Crippen molar-refractivity contribution in [1.82, 2.24) is 24.9 Å². The summed E-state index contributed by atoms with van der Waals surface area (Å²) in [6, 6.07) is 11.6. The molecule has 3 heterocycles. The van der Waals surface area contributed by atoms with Gasteiger partial charge < -0.3 is 15.0 Å². The number of alkyl halides is 3. The molecule has 1 aliphatic rings. The molecule has 178 valence electrons. The Morgan fingerprint density at radius 2 is 1.97 bits per heavy atom. The van der Waals surface area contributed by atoms with Crippen LogP contribution in [0.4, 0.5) is 13.2 Å². The predicted molar refractivity (Wildman–Crippen MR) is 134 cm³/mol. The maximum absolute atomic E-state index is 12.7. The average Bonchev–Trinajstić information content (AvgIpc) is 3.39. The molecular weight excluding hydrogens is 544 g/mol.